The molecule has 4 heteroatoms. The molecule has 104 valence electrons. The number of allylic oxidation sites excluding steroid dienone is 2. The SMILES string of the molecule is OB(O)C1(c2ccccc2)C=CC=C(c2ccccc2)N1. The Kier molecular flexibility index (Phi) is 3.65. The first-order valence-electron chi connectivity index (χ1n) is 6.87. The van der Waals surface area contributed by atoms with Crippen LogP contribution in [0.4, 0.5) is 0 Å². The number of hydrogen-bond acceptors (Lipinski definition) is 3. The Balaban J connectivity index is 2.02. The third-order valence-electron chi connectivity index (χ3n) is 3.71. The number of benzene rings is 2. The maximum atomic E-state index is 9.96. The summed E-state index contributed by atoms with van der Waals surface area (Å²) < 4.78 is 0. The van der Waals surface area contributed by atoms with Gasteiger partial charge in [0.05, 0.1) is 0 Å². The highest BCUT2D eigenvalue weighted by Crippen LogP contribution is 2.30. The van der Waals surface area contributed by atoms with E-state index in [4.69, 9.17) is 0 Å². The predicted molar refractivity (Wildman–Crippen MR) is 85.0 cm³/mol. The molecule has 0 aliphatic carbocycles. The van der Waals surface area contributed by atoms with Crippen molar-refractivity contribution in [3.63, 3.8) is 0 Å². The minimum Gasteiger partial charge on any atom is -0.425 e. The number of rotatable bonds is 3. The van der Waals surface area contributed by atoms with Gasteiger partial charge in [0, 0.05) is 5.70 Å². The zero-order chi connectivity index (χ0) is 14.7. The van der Waals surface area contributed by atoms with Crippen molar-refractivity contribution in [1.29, 1.82) is 0 Å². The fourth-order valence-corrected chi connectivity index (χ4v) is 2.57. The van der Waals surface area contributed by atoms with Crippen molar-refractivity contribution in [2.45, 2.75) is 5.44 Å². The van der Waals surface area contributed by atoms with Crippen LogP contribution in [-0.4, -0.2) is 17.2 Å². The zero-order valence-electron chi connectivity index (χ0n) is 11.5. The summed E-state index contributed by atoms with van der Waals surface area (Å²) in [6, 6.07) is 19.3. The van der Waals surface area contributed by atoms with Crippen LogP contribution in [0.1, 0.15) is 11.1 Å². The molecule has 1 unspecified atom stereocenters. The van der Waals surface area contributed by atoms with Crippen LogP contribution in [0.15, 0.2) is 78.9 Å². The molecular formula is C17H16BNO2. The van der Waals surface area contributed by atoms with Gasteiger partial charge in [0.2, 0.25) is 0 Å². The van der Waals surface area contributed by atoms with Gasteiger partial charge < -0.3 is 15.4 Å². The molecule has 0 radical (unpaired) electrons. The molecule has 3 rings (SSSR count). The van der Waals surface area contributed by atoms with Gasteiger partial charge in [-0.1, -0.05) is 72.8 Å². The van der Waals surface area contributed by atoms with Crippen LogP contribution in [0, 0.1) is 0 Å². The Labute approximate surface area is 124 Å². The van der Waals surface area contributed by atoms with Crippen LogP contribution in [0.25, 0.3) is 5.70 Å². The van der Waals surface area contributed by atoms with Gasteiger partial charge in [0.1, 0.15) is 5.44 Å². The van der Waals surface area contributed by atoms with Crippen LogP contribution < -0.4 is 5.32 Å². The summed E-state index contributed by atoms with van der Waals surface area (Å²) in [4.78, 5) is 0. The maximum absolute atomic E-state index is 9.96. The van der Waals surface area contributed by atoms with Crippen molar-refractivity contribution in [3.8, 4) is 0 Å². The molecule has 3 nitrogen and oxygen atoms in total. The minimum atomic E-state index is -1.55. The molecular weight excluding hydrogens is 261 g/mol. The molecule has 1 heterocycles. The predicted octanol–water partition coefficient (Wildman–Crippen LogP) is 2.09. The lowest BCUT2D eigenvalue weighted by molar-refractivity contribution is 0.352. The van der Waals surface area contributed by atoms with Gasteiger partial charge in [-0.15, -0.1) is 0 Å². The Morgan fingerprint density at radius 1 is 0.857 bits per heavy atom. The van der Waals surface area contributed by atoms with E-state index in [1.54, 1.807) is 6.08 Å². The summed E-state index contributed by atoms with van der Waals surface area (Å²) in [7, 11) is -1.55. The van der Waals surface area contributed by atoms with Crippen LogP contribution >= 0.6 is 0 Å². The monoisotopic (exact) mass is 277 g/mol. The fraction of sp³-hybridized carbons (Fsp3) is 0.0588. The average Bonchev–Trinajstić information content (AvgIpc) is 2.56. The Hall–Kier alpha value is -2.30. The summed E-state index contributed by atoms with van der Waals surface area (Å²) in [5.74, 6) is 0. The third kappa shape index (κ3) is 2.51. The Bertz CT molecular complexity index is 668. The van der Waals surface area contributed by atoms with Gasteiger partial charge in [0.15, 0.2) is 0 Å². The molecule has 1 aliphatic heterocycles. The highest BCUT2D eigenvalue weighted by Gasteiger charge is 2.43. The van der Waals surface area contributed by atoms with Gasteiger partial charge in [0.25, 0.3) is 0 Å². The van der Waals surface area contributed by atoms with E-state index in [1.165, 1.54) is 0 Å². The molecule has 2 aromatic rings. The molecule has 2 aromatic carbocycles. The molecule has 21 heavy (non-hydrogen) atoms. The van der Waals surface area contributed by atoms with Gasteiger partial charge in [-0.05, 0) is 17.2 Å². The molecule has 0 saturated heterocycles. The summed E-state index contributed by atoms with van der Waals surface area (Å²) in [5, 5.41) is 23.2. The average molecular weight is 277 g/mol. The van der Waals surface area contributed by atoms with Crippen LogP contribution in [0.3, 0.4) is 0 Å². The molecule has 0 saturated carbocycles. The molecule has 0 amide bonds. The first kappa shape index (κ1) is 13.7. The first-order chi connectivity index (χ1) is 10.2. The van der Waals surface area contributed by atoms with Crippen LogP contribution in [-0.2, 0) is 5.44 Å². The molecule has 3 N–H and O–H groups in total. The summed E-state index contributed by atoms with van der Waals surface area (Å²) in [6.45, 7) is 0. The fourth-order valence-electron chi connectivity index (χ4n) is 2.57. The van der Waals surface area contributed by atoms with E-state index in [0.717, 1.165) is 16.8 Å². The normalized spacial score (nSPS) is 20.6. The molecule has 0 aromatic heterocycles. The van der Waals surface area contributed by atoms with Crippen LogP contribution in [0.2, 0.25) is 0 Å². The second kappa shape index (κ2) is 5.60. The van der Waals surface area contributed by atoms with Gasteiger partial charge in [-0.25, -0.2) is 0 Å². The number of hydrogen-bond donors (Lipinski definition) is 3. The van der Waals surface area contributed by atoms with E-state index in [0.29, 0.717) is 0 Å². The Morgan fingerprint density at radius 3 is 2.10 bits per heavy atom. The summed E-state index contributed by atoms with van der Waals surface area (Å²) in [5.41, 5.74) is 1.62. The molecule has 0 fully saturated rings. The van der Waals surface area contributed by atoms with E-state index in [2.05, 4.69) is 5.32 Å². The van der Waals surface area contributed by atoms with Gasteiger partial charge >= 0.3 is 7.12 Å². The lowest BCUT2D eigenvalue weighted by atomic mass is 9.60. The van der Waals surface area contributed by atoms with Gasteiger partial charge in [-0.2, -0.15) is 0 Å². The zero-order valence-corrected chi connectivity index (χ0v) is 11.5. The van der Waals surface area contributed by atoms with E-state index in [-0.39, 0.29) is 0 Å². The van der Waals surface area contributed by atoms with E-state index < -0.39 is 12.6 Å². The van der Waals surface area contributed by atoms with Crippen LogP contribution in [0.5, 0.6) is 0 Å². The van der Waals surface area contributed by atoms with E-state index >= 15 is 0 Å². The largest absolute Gasteiger partial charge is 0.487 e. The van der Waals surface area contributed by atoms with Crippen molar-refractivity contribution in [2.75, 3.05) is 0 Å². The van der Waals surface area contributed by atoms with Crippen molar-refractivity contribution in [3.05, 3.63) is 90.0 Å². The maximum Gasteiger partial charge on any atom is 0.487 e. The van der Waals surface area contributed by atoms with Crippen molar-refractivity contribution in [2.24, 2.45) is 0 Å². The summed E-state index contributed by atoms with van der Waals surface area (Å²) >= 11 is 0. The van der Waals surface area contributed by atoms with Gasteiger partial charge in [-0.3, -0.25) is 0 Å². The standard InChI is InChI=1S/C17H16BNO2/c20-18(21)17(15-10-5-2-6-11-15)13-7-12-16(19-17)14-8-3-1-4-9-14/h1-13,19-21H. The smallest absolute Gasteiger partial charge is 0.425 e. The highest BCUT2D eigenvalue weighted by molar-refractivity contribution is 6.46. The Morgan fingerprint density at radius 2 is 1.48 bits per heavy atom. The van der Waals surface area contributed by atoms with E-state index in [9.17, 15) is 10.0 Å². The second-order valence-corrected chi connectivity index (χ2v) is 5.04. The topological polar surface area (TPSA) is 52.5 Å². The quantitative estimate of drug-likeness (QED) is 0.753. The summed E-state index contributed by atoms with van der Waals surface area (Å²) in [6.07, 6.45) is 5.56. The van der Waals surface area contributed by atoms with Crippen molar-refractivity contribution in [1.82, 2.24) is 5.32 Å². The minimum absolute atomic E-state index is 0.804. The molecule has 0 spiro atoms. The third-order valence-corrected chi connectivity index (χ3v) is 3.71. The van der Waals surface area contributed by atoms with Crippen molar-refractivity contribution >= 4 is 12.8 Å². The lowest BCUT2D eigenvalue weighted by Gasteiger charge is -2.35. The number of nitrogens with one attached hydrogen (secondary N) is 1. The highest BCUT2D eigenvalue weighted by atomic mass is 16.4. The van der Waals surface area contributed by atoms with E-state index in [1.807, 2.05) is 72.8 Å². The van der Waals surface area contributed by atoms with Crippen molar-refractivity contribution < 1.29 is 10.0 Å². The second-order valence-electron chi connectivity index (χ2n) is 5.04. The number of dihydropyridines is 1. The molecule has 1 aliphatic rings. The lowest BCUT2D eigenvalue weighted by Crippen LogP contribution is -2.53. The first-order valence-corrected chi connectivity index (χ1v) is 6.87. The molecule has 0 bridgehead atoms. The molecule has 1 atom stereocenters.